The maximum Gasteiger partial charge on any atom is 0.275 e. The van der Waals surface area contributed by atoms with Crippen molar-refractivity contribution >= 4 is 27.8 Å². The Morgan fingerprint density at radius 3 is 2.53 bits per heavy atom. The van der Waals surface area contributed by atoms with Crippen LogP contribution in [0.25, 0.3) is 22.0 Å². The number of pyridine rings is 1. The number of carbonyl (C=O) groups is 1. The van der Waals surface area contributed by atoms with Gasteiger partial charge in [0.15, 0.2) is 5.58 Å². The van der Waals surface area contributed by atoms with E-state index in [-0.39, 0.29) is 28.9 Å². The third-order valence-corrected chi connectivity index (χ3v) is 4.99. The van der Waals surface area contributed by atoms with E-state index in [0.717, 1.165) is 6.20 Å². The third-order valence-electron chi connectivity index (χ3n) is 4.99. The molecule has 0 radical (unpaired) electrons. The van der Waals surface area contributed by atoms with E-state index >= 15 is 0 Å². The van der Waals surface area contributed by atoms with Crippen LogP contribution >= 0.6 is 0 Å². The molecule has 32 heavy (non-hydrogen) atoms. The first-order valence-electron chi connectivity index (χ1n) is 9.26. The standard InChI is InChI=1S/C22H11F4N3O3/c23-10-1-2-17-16(7-10)28-18(32-17)9-29-4-3-12-13(8-27-20(12)22(29)31)21(30)19-14(25)5-11(24)6-15(19)26/h1-8,27H,9H2. The molecule has 10 heteroatoms. The highest BCUT2D eigenvalue weighted by molar-refractivity contribution is 6.16. The van der Waals surface area contributed by atoms with E-state index in [2.05, 4.69) is 9.97 Å². The fourth-order valence-electron chi connectivity index (χ4n) is 3.53. The first kappa shape index (κ1) is 19.7. The van der Waals surface area contributed by atoms with Gasteiger partial charge in [0.05, 0.1) is 5.56 Å². The normalized spacial score (nSPS) is 11.5. The number of fused-ring (bicyclic) bond motifs is 2. The molecule has 0 saturated heterocycles. The smallest absolute Gasteiger partial charge is 0.275 e. The molecular formula is C22H11F4N3O3. The molecule has 6 nitrogen and oxygen atoms in total. The second kappa shape index (κ2) is 7.19. The summed E-state index contributed by atoms with van der Waals surface area (Å²) >= 11 is 0. The molecule has 5 aromatic rings. The van der Waals surface area contributed by atoms with Gasteiger partial charge in [0, 0.05) is 41.5 Å². The second-order valence-electron chi connectivity index (χ2n) is 7.03. The minimum absolute atomic E-state index is 0.0148. The van der Waals surface area contributed by atoms with Crippen molar-refractivity contribution < 1.29 is 26.8 Å². The summed E-state index contributed by atoms with van der Waals surface area (Å²) in [5.41, 5.74) is -0.950. The van der Waals surface area contributed by atoms with Crippen LogP contribution in [0.1, 0.15) is 21.8 Å². The summed E-state index contributed by atoms with van der Waals surface area (Å²) in [6.45, 7) is -0.0748. The fourth-order valence-corrected chi connectivity index (χ4v) is 3.53. The van der Waals surface area contributed by atoms with Crippen LogP contribution in [0.4, 0.5) is 17.6 Å². The first-order chi connectivity index (χ1) is 15.3. The van der Waals surface area contributed by atoms with Gasteiger partial charge in [-0.2, -0.15) is 0 Å². The average molecular weight is 441 g/mol. The van der Waals surface area contributed by atoms with Gasteiger partial charge < -0.3 is 14.0 Å². The maximum absolute atomic E-state index is 14.0. The lowest BCUT2D eigenvalue weighted by Gasteiger charge is -2.05. The molecule has 160 valence electrons. The molecule has 1 N–H and O–H groups in total. The highest BCUT2D eigenvalue weighted by atomic mass is 19.1. The minimum atomic E-state index is -1.34. The van der Waals surface area contributed by atoms with E-state index in [9.17, 15) is 27.2 Å². The highest BCUT2D eigenvalue weighted by Crippen LogP contribution is 2.24. The molecule has 0 saturated carbocycles. The molecule has 3 aromatic heterocycles. The van der Waals surface area contributed by atoms with Gasteiger partial charge in [-0.3, -0.25) is 9.59 Å². The van der Waals surface area contributed by atoms with E-state index in [1.54, 1.807) is 0 Å². The number of H-pyrrole nitrogens is 1. The SMILES string of the molecule is O=C(c1c(F)cc(F)cc1F)c1c[nH]c2c(=O)n(Cc3nc4cc(F)ccc4o3)ccc12. The van der Waals surface area contributed by atoms with Crippen LogP contribution in [0.3, 0.4) is 0 Å². The fraction of sp³-hybridized carbons (Fsp3) is 0.0455. The first-order valence-corrected chi connectivity index (χ1v) is 9.26. The zero-order chi connectivity index (χ0) is 22.6. The van der Waals surface area contributed by atoms with Crippen molar-refractivity contribution in [3.63, 3.8) is 0 Å². The summed E-state index contributed by atoms with van der Waals surface area (Å²) in [5, 5.41) is 0.138. The minimum Gasteiger partial charge on any atom is -0.439 e. The molecule has 0 amide bonds. The Labute approximate surface area is 175 Å². The zero-order valence-corrected chi connectivity index (χ0v) is 16.0. The zero-order valence-electron chi connectivity index (χ0n) is 16.0. The van der Waals surface area contributed by atoms with Crippen LogP contribution in [0, 0.1) is 23.3 Å². The van der Waals surface area contributed by atoms with Crippen LogP contribution in [0.5, 0.6) is 0 Å². The molecule has 2 aromatic carbocycles. The van der Waals surface area contributed by atoms with Crippen molar-refractivity contribution in [2.45, 2.75) is 6.54 Å². The number of benzene rings is 2. The van der Waals surface area contributed by atoms with Crippen molar-refractivity contribution in [1.82, 2.24) is 14.5 Å². The summed E-state index contributed by atoms with van der Waals surface area (Å²) < 4.78 is 61.3. The molecule has 0 fully saturated rings. The van der Waals surface area contributed by atoms with E-state index in [1.807, 2.05) is 0 Å². The molecule has 0 unspecified atom stereocenters. The Hall–Kier alpha value is -4.21. The van der Waals surface area contributed by atoms with Gasteiger partial charge in [0.2, 0.25) is 11.7 Å². The van der Waals surface area contributed by atoms with Crippen LogP contribution < -0.4 is 5.56 Å². The van der Waals surface area contributed by atoms with E-state index in [0.29, 0.717) is 23.2 Å². The monoisotopic (exact) mass is 441 g/mol. The average Bonchev–Trinajstić information content (AvgIpc) is 3.33. The van der Waals surface area contributed by atoms with Gasteiger partial charge in [-0.25, -0.2) is 22.5 Å². The predicted molar refractivity (Wildman–Crippen MR) is 105 cm³/mol. The molecule has 0 bridgehead atoms. The van der Waals surface area contributed by atoms with Crippen LogP contribution in [0.15, 0.2) is 58.0 Å². The number of ketones is 1. The summed E-state index contributed by atoms with van der Waals surface area (Å²) in [4.78, 5) is 32.3. The van der Waals surface area contributed by atoms with E-state index in [1.165, 1.54) is 35.0 Å². The maximum atomic E-state index is 14.0. The van der Waals surface area contributed by atoms with Crippen molar-refractivity contribution in [2.24, 2.45) is 0 Å². The van der Waals surface area contributed by atoms with Crippen LogP contribution in [0.2, 0.25) is 0 Å². The Morgan fingerprint density at radius 2 is 1.78 bits per heavy atom. The molecule has 0 atom stereocenters. The Balaban J connectivity index is 1.53. The number of hydrogen-bond donors (Lipinski definition) is 1. The van der Waals surface area contributed by atoms with Crippen molar-refractivity contribution in [3.8, 4) is 0 Å². The number of aromatic nitrogens is 3. The van der Waals surface area contributed by atoms with Gasteiger partial charge in [-0.1, -0.05) is 0 Å². The summed E-state index contributed by atoms with van der Waals surface area (Å²) in [6, 6.07) is 6.07. The number of hydrogen-bond acceptors (Lipinski definition) is 4. The van der Waals surface area contributed by atoms with Gasteiger partial charge >= 0.3 is 0 Å². The molecular weight excluding hydrogens is 430 g/mol. The third kappa shape index (κ3) is 3.16. The number of halogens is 4. The van der Waals surface area contributed by atoms with E-state index in [4.69, 9.17) is 4.42 Å². The van der Waals surface area contributed by atoms with Gasteiger partial charge in [-0.05, 0) is 18.2 Å². The number of nitrogens with one attached hydrogen (secondary N) is 1. The Morgan fingerprint density at radius 1 is 1.03 bits per heavy atom. The molecule has 0 aliphatic heterocycles. The lowest BCUT2D eigenvalue weighted by Crippen LogP contribution is -2.20. The number of oxazole rings is 1. The number of aromatic amines is 1. The second-order valence-corrected chi connectivity index (χ2v) is 7.03. The number of rotatable bonds is 4. The van der Waals surface area contributed by atoms with Crippen molar-refractivity contribution in [3.05, 3.63) is 99.4 Å². The number of carbonyl (C=O) groups excluding carboxylic acids is 1. The summed E-state index contributed by atoms with van der Waals surface area (Å²) in [6.07, 6.45) is 2.52. The van der Waals surface area contributed by atoms with Crippen LogP contribution in [-0.2, 0) is 6.54 Å². The van der Waals surface area contributed by atoms with Gasteiger partial charge in [-0.15, -0.1) is 0 Å². The molecule has 3 heterocycles. The Bertz CT molecular complexity index is 1580. The van der Waals surface area contributed by atoms with Gasteiger partial charge in [0.25, 0.3) is 5.56 Å². The highest BCUT2D eigenvalue weighted by Gasteiger charge is 2.24. The van der Waals surface area contributed by atoms with Crippen LogP contribution in [-0.4, -0.2) is 20.3 Å². The topological polar surface area (TPSA) is 80.9 Å². The quantitative estimate of drug-likeness (QED) is 0.333. The largest absolute Gasteiger partial charge is 0.439 e. The lowest BCUT2D eigenvalue weighted by atomic mass is 10.0. The summed E-state index contributed by atoms with van der Waals surface area (Å²) in [7, 11) is 0. The van der Waals surface area contributed by atoms with E-state index < -0.39 is 40.2 Å². The summed E-state index contributed by atoms with van der Waals surface area (Å²) in [5.74, 6) is -5.20. The van der Waals surface area contributed by atoms with Crippen molar-refractivity contribution in [1.29, 1.82) is 0 Å². The molecule has 5 rings (SSSR count). The van der Waals surface area contributed by atoms with Gasteiger partial charge in [0.1, 0.15) is 40.8 Å². The Kier molecular flexibility index (Phi) is 4.43. The number of nitrogens with zero attached hydrogens (tertiary/aromatic N) is 2. The van der Waals surface area contributed by atoms with Crippen molar-refractivity contribution in [2.75, 3.05) is 0 Å². The molecule has 0 aliphatic carbocycles. The molecule has 0 spiro atoms. The lowest BCUT2D eigenvalue weighted by molar-refractivity contribution is 0.103. The predicted octanol–water partition coefficient (Wildman–Crippen LogP) is 4.31. The molecule has 0 aliphatic rings.